The molecule has 3 aromatic rings. The SMILES string of the molecule is Cc1cc(C(N)=O)c(NC(=O)c2c(C)nc3c(C)cccn23)s1. The van der Waals surface area contributed by atoms with Gasteiger partial charge in [-0.1, -0.05) is 6.07 Å². The van der Waals surface area contributed by atoms with Crippen molar-refractivity contribution in [1.82, 2.24) is 9.38 Å². The first-order chi connectivity index (χ1) is 10.9. The summed E-state index contributed by atoms with van der Waals surface area (Å²) in [4.78, 5) is 29.5. The quantitative estimate of drug-likeness (QED) is 0.774. The summed E-state index contributed by atoms with van der Waals surface area (Å²) in [5, 5.41) is 3.25. The Labute approximate surface area is 137 Å². The van der Waals surface area contributed by atoms with E-state index in [4.69, 9.17) is 5.73 Å². The average Bonchev–Trinajstić information content (AvgIpc) is 2.99. The number of aryl methyl sites for hydroxylation is 3. The average molecular weight is 328 g/mol. The van der Waals surface area contributed by atoms with Gasteiger partial charge < -0.3 is 11.1 Å². The lowest BCUT2D eigenvalue weighted by molar-refractivity contribution is 0.100. The second-order valence-electron chi connectivity index (χ2n) is 5.35. The Hall–Kier alpha value is -2.67. The van der Waals surface area contributed by atoms with Gasteiger partial charge in [0.05, 0.1) is 11.3 Å². The lowest BCUT2D eigenvalue weighted by Gasteiger charge is -2.06. The molecule has 0 unspecified atom stereocenters. The van der Waals surface area contributed by atoms with Crippen LogP contribution in [-0.4, -0.2) is 21.2 Å². The number of hydrogen-bond donors (Lipinski definition) is 2. The van der Waals surface area contributed by atoms with E-state index in [9.17, 15) is 9.59 Å². The standard InChI is InChI=1S/C16H16N4O2S/c1-8-5-4-6-20-12(10(3)18-14(8)20)15(22)19-16-11(13(17)21)7-9(2)23-16/h4-7H,1-3H3,(H2,17,21)(H,19,22). The summed E-state index contributed by atoms with van der Waals surface area (Å²) < 4.78 is 1.75. The molecule has 0 bridgehead atoms. The molecule has 0 atom stereocenters. The van der Waals surface area contributed by atoms with Crippen molar-refractivity contribution in [1.29, 1.82) is 0 Å². The third-order valence-electron chi connectivity index (χ3n) is 3.58. The van der Waals surface area contributed by atoms with Gasteiger partial charge in [-0.05, 0) is 38.5 Å². The number of primary amides is 1. The van der Waals surface area contributed by atoms with Gasteiger partial charge in [-0.2, -0.15) is 0 Å². The number of nitrogens with zero attached hydrogens (tertiary/aromatic N) is 2. The number of nitrogens with two attached hydrogens (primary N) is 1. The fourth-order valence-electron chi connectivity index (χ4n) is 2.54. The van der Waals surface area contributed by atoms with E-state index in [1.165, 1.54) is 11.3 Å². The second-order valence-corrected chi connectivity index (χ2v) is 6.61. The van der Waals surface area contributed by atoms with Crippen LogP contribution in [0.4, 0.5) is 5.00 Å². The number of hydrogen-bond acceptors (Lipinski definition) is 4. The topological polar surface area (TPSA) is 89.5 Å². The third kappa shape index (κ3) is 2.59. The van der Waals surface area contributed by atoms with E-state index >= 15 is 0 Å². The number of aromatic nitrogens is 2. The van der Waals surface area contributed by atoms with Crippen LogP contribution in [0.3, 0.4) is 0 Å². The molecule has 0 aromatic carbocycles. The van der Waals surface area contributed by atoms with Gasteiger partial charge in [-0.25, -0.2) is 4.98 Å². The number of pyridine rings is 1. The highest BCUT2D eigenvalue weighted by atomic mass is 32.1. The smallest absolute Gasteiger partial charge is 0.275 e. The molecule has 0 aliphatic carbocycles. The van der Waals surface area contributed by atoms with Crippen LogP contribution < -0.4 is 11.1 Å². The van der Waals surface area contributed by atoms with E-state index < -0.39 is 5.91 Å². The molecular weight excluding hydrogens is 312 g/mol. The second kappa shape index (κ2) is 5.51. The number of anilines is 1. The van der Waals surface area contributed by atoms with Crippen LogP contribution in [-0.2, 0) is 0 Å². The summed E-state index contributed by atoms with van der Waals surface area (Å²) in [6, 6.07) is 5.48. The molecule has 0 fully saturated rings. The van der Waals surface area contributed by atoms with Crippen LogP contribution in [0.2, 0.25) is 0 Å². The minimum absolute atomic E-state index is 0.315. The molecule has 0 aliphatic rings. The fraction of sp³-hybridized carbons (Fsp3) is 0.188. The maximum atomic E-state index is 12.7. The predicted octanol–water partition coefficient (Wildman–Crippen LogP) is 2.67. The van der Waals surface area contributed by atoms with Crippen LogP contribution in [0.5, 0.6) is 0 Å². The first kappa shape index (κ1) is 15.2. The first-order valence-electron chi connectivity index (χ1n) is 7.04. The van der Waals surface area contributed by atoms with Crippen molar-refractivity contribution < 1.29 is 9.59 Å². The summed E-state index contributed by atoms with van der Waals surface area (Å²) in [7, 11) is 0. The molecule has 3 N–H and O–H groups in total. The number of amides is 2. The molecule has 3 aromatic heterocycles. The van der Waals surface area contributed by atoms with Crippen LogP contribution in [0.25, 0.3) is 5.65 Å². The Morgan fingerprint density at radius 2 is 2.04 bits per heavy atom. The van der Waals surface area contributed by atoms with Gasteiger partial charge in [-0.3, -0.25) is 14.0 Å². The highest BCUT2D eigenvalue weighted by Crippen LogP contribution is 2.28. The van der Waals surface area contributed by atoms with Crippen LogP contribution in [0.15, 0.2) is 24.4 Å². The van der Waals surface area contributed by atoms with Crippen molar-refractivity contribution in [3.63, 3.8) is 0 Å². The van der Waals surface area contributed by atoms with E-state index in [2.05, 4.69) is 10.3 Å². The molecule has 0 spiro atoms. The molecule has 7 heteroatoms. The van der Waals surface area contributed by atoms with E-state index in [1.54, 1.807) is 23.6 Å². The van der Waals surface area contributed by atoms with Crippen LogP contribution in [0, 0.1) is 20.8 Å². The lowest BCUT2D eigenvalue weighted by Crippen LogP contribution is -2.18. The summed E-state index contributed by atoms with van der Waals surface area (Å²) in [5.74, 6) is -0.875. The van der Waals surface area contributed by atoms with Crippen LogP contribution >= 0.6 is 11.3 Å². The van der Waals surface area contributed by atoms with E-state index in [0.29, 0.717) is 22.0 Å². The number of rotatable bonds is 3. The molecule has 3 heterocycles. The molecule has 3 rings (SSSR count). The monoisotopic (exact) mass is 328 g/mol. The molecule has 0 radical (unpaired) electrons. The maximum absolute atomic E-state index is 12.7. The highest BCUT2D eigenvalue weighted by Gasteiger charge is 2.20. The number of thiophene rings is 1. The van der Waals surface area contributed by atoms with Crippen molar-refractivity contribution >= 4 is 33.8 Å². The Morgan fingerprint density at radius 1 is 1.30 bits per heavy atom. The molecular formula is C16H16N4O2S. The Balaban J connectivity index is 2.04. The predicted molar refractivity (Wildman–Crippen MR) is 90.2 cm³/mol. The zero-order valence-electron chi connectivity index (χ0n) is 13.0. The van der Waals surface area contributed by atoms with Crippen molar-refractivity contribution in [2.75, 3.05) is 5.32 Å². The Bertz CT molecular complexity index is 939. The zero-order chi connectivity index (χ0) is 16.7. The Kier molecular flexibility index (Phi) is 3.65. The minimum atomic E-state index is -0.560. The number of carbonyl (C=O) groups excluding carboxylic acids is 2. The van der Waals surface area contributed by atoms with Gasteiger partial charge in [0.1, 0.15) is 16.3 Å². The van der Waals surface area contributed by atoms with Gasteiger partial charge in [0, 0.05) is 11.1 Å². The lowest BCUT2D eigenvalue weighted by atomic mass is 10.2. The molecule has 23 heavy (non-hydrogen) atoms. The molecule has 0 saturated carbocycles. The van der Waals surface area contributed by atoms with Crippen LogP contribution in [0.1, 0.15) is 37.0 Å². The summed E-state index contributed by atoms with van der Waals surface area (Å²) in [6.07, 6.45) is 1.80. The summed E-state index contributed by atoms with van der Waals surface area (Å²) >= 11 is 1.32. The number of imidazole rings is 1. The highest BCUT2D eigenvalue weighted by molar-refractivity contribution is 7.16. The van der Waals surface area contributed by atoms with E-state index in [1.807, 2.05) is 26.0 Å². The summed E-state index contributed by atoms with van der Waals surface area (Å²) in [6.45, 7) is 5.59. The number of nitrogens with one attached hydrogen (secondary N) is 1. The minimum Gasteiger partial charge on any atom is -0.366 e. The molecule has 0 saturated heterocycles. The molecule has 6 nitrogen and oxygen atoms in total. The molecule has 0 aliphatic heterocycles. The van der Waals surface area contributed by atoms with E-state index in [-0.39, 0.29) is 5.91 Å². The van der Waals surface area contributed by atoms with Crippen molar-refractivity contribution in [3.05, 3.63) is 51.8 Å². The number of carbonyl (C=O) groups is 2. The fourth-order valence-corrected chi connectivity index (χ4v) is 3.46. The zero-order valence-corrected chi connectivity index (χ0v) is 13.8. The third-order valence-corrected chi connectivity index (χ3v) is 4.55. The first-order valence-corrected chi connectivity index (χ1v) is 7.86. The summed E-state index contributed by atoms with van der Waals surface area (Å²) in [5.41, 5.74) is 8.49. The van der Waals surface area contributed by atoms with Gasteiger partial charge in [0.2, 0.25) is 0 Å². The normalized spacial score (nSPS) is 10.9. The number of fused-ring (bicyclic) bond motifs is 1. The Morgan fingerprint density at radius 3 is 2.74 bits per heavy atom. The van der Waals surface area contributed by atoms with Crippen molar-refractivity contribution in [2.24, 2.45) is 5.73 Å². The maximum Gasteiger partial charge on any atom is 0.275 e. The van der Waals surface area contributed by atoms with E-state index in [0.717, 1.165) is 16.1 Å². The molecule has 118 valence electrons. The van der Waals surface area contributed by atoms with Gasteiger partial charge in [0.15, 0.2) is 0 Å². The largest absolute Gasteiger partial charge is 0.366 e. The van der Waals surface area contributed by atoms with Crippen molar-refractivity contribution in [2.45, 2.75) is 20.8 Å². The van der Waals surface area contributed by atoms with Gasteiger partial charge in [-0.15, -0.1) is 11.3 Å². The van der Waals surface area contributed by atoms with Gasteiger partial charge >= 0.3 is 0 Å². The van der Waals surface area contributed by atoms with Crippen molar-refractivity contribution in [3.8, 4) is 0 Å². The molecule has 2 amide bonds. The van der Waals surface area contributed by atoms with Gasteiger partial charge in [0.25, 0.3) is 11.8 Å².